The van der Waals surface area contributed by atoms with Gasteiger partial charge in [-0.3, -0.25) is 4.79 Å². The third-order valence-electron chi connectivity index (χ3n) is 1.16. The second-order valence-electron chi connectivity index (χ2n) is 2.18. The summed E-state index contributed by atoms with van der Waals surface area (Å²) in [4.78, 5) is 14.1. The average molecular weight is 208 g/mol. The lowest BCUT2D eigenvalue weighted by molar-refractivity contribution is -0.201. The topological polar surface area (TPSA) is 119 Å². The smallest absolute Gasteiger partial charge is 0.321 e. The molecule has 0 aliphatic heterocycles. The van der Waals surface area contributed by atoms with Crippen LogP contribution in [0.4, 0.5) is 0 Å². The summed E-state index contributed by atoms with van der Waals surface area (Å²) in [6, 6.07) is -0.914. The molecular formula is C6H12N2O4S. The van der Waals surface area contributed by atoms with Crippen LogP contribution in [0.3, 0.4) is 0 Å². The highest BCUT2D eigenvalue weighted by Crippen LogP contribution is 2.08. The van der Waals surface area contributed by atoms with Crippen molar-refractivity contribution in [3.05, 3.63) is 12.0 Å². The molecule has 13 heavy (non-hydrogen) atoms. The Kier molecular flexibility index (Phi) is 6.11. The van der Waals surface area contributed by atoms with Crippen LogP contribution in [-0.4, -0.2) is 33.9 Å². The Bertz CT molecular complexity index is 197. The van der Waals surface area contributed by atoms with E-state index in [1.54, 1.807) is 0 Å². The van der Waals surface area contributed by atoms with Crippen LogP contribution in [0.2, 0.25) is 0 Å². The number of carboxylic acid groups (broad SMARTS) is 1. The molecule has 0 aromatic carbocycles. The van der Waals surface area contributed by atoms with Crippen LogP contribution >= 0.6 is 11.8 Å². The van der Waals surface area contributed by atoms with Crippen LogP contribution in [0, 0.1) is 0 Å². The van der Waals surface area contributed by atoms with Gasteiger partial charge in [0.15, 0.2) is 5.76 Å². The second-order valence-corrected chi connectivity index (χ2v) is 3.21. The van der Waals surface area contributed by atoms with Gasteiger partial charge >= 0.3 is 5.97 Å². The molecule has 0 radical (unpaired) electrons. The van der Waals surface area contributed by atoms with Crippen molar-refractivity contribution >= 4 is 17.7 Å². The van der Waals surface area contributed by atoms with Gasteiger partial charge in [0.25, 0.3) is 0 Å². The predicted octanol–water partition coefficient (Wildman–Crippen LogP) is -0.579. The minimum atomic E-state index is -1.06. The van der Waals surface area contributed by atoms with Gasteiger partial charge in [-0.2, -0.15) is 11.8 Å². The molecule has 0 aromatic heterocycles. The average Bonchev–Trinajstić information content (AvgIpc) is 2.12. The van der Waals surface area contributed by atoms with Crippen LogP contribution in [0.15, 0.2) is 12.0 Å². The van der Waals surface area contributed by atoms with Crippen LogP contribution in [0.25, 0.3) is 0 Å². The van der Waals surface area contributed by atoms with Gasteiger partial charge in [0.1, 0.15) is 6.04 Å². The number of aliphatic carboxylic acids is 1. The van der Waals surface area contributed by atoms with E-state index in [0.717, 1.165) is 6.20 Å². The fraction of sp³-hybridized carbons (Fsp3) is 0.500. The number of hydrogen-bond donors (Lipinski definition) is 4. The molecule has 76 valence electrons. The Morgan fingerprint density at radius 3 is 2.69 bits per heavy atom. The minimum Gasteiger partial charge on any atom is -0.480 e. The van der Waals surface area contributed by atoms with E-state index in [-0.39, 0.29) is 17.3 Å². The van der Waals surface area contributed by atoms with E-state index in [1.807, 2.05) is 0 Å². The molecule has 0 fully saturated rings. The van der Waals surface area contributed by atoms with Crippen molar-refractivity contribution in [2.24, 2.45) is 11.5 Å². The van der Waals surface area contributed by atoms with Crippen LogP contribution < -0.4 is 11.5 Å². The maximum Gasteiger partial charge on any atom is 0.321 e. The molecule has 0 spiro atoms. The largest absolute Gasteiger partial charge is 0.480 e. The van der Waals surface area contributed by atoms with Crippen molar-refractivity contribution in [2.45, 2.75) is 6.04 Å². The van der Waals surface area contributed by atoms with E-state index in [0.29, 0.717) is 0 Å². The summed E-state index contributed by atoms with van der Waals surface area (Å²) in [5, 5.41) is 16.6. The van der Waals surface area contributed by atoms with Crippen molar-refractivity contribution in [1.29, 1.82) is 0 Å². The van der Waals surface area contributed by atoms with Gasteiger partial charge in [-0.25, -0.2) is 5.26 Å². The maximum atomic E-state index is 10.3. The molecule has 1 unspecified atom stereocenters. The molecule has 0 saturated carbocycles. The first-order chi connectivity index (χ1) is 6.11. The summed E-state index contributed by atoms with van der Waals surface area (Å²) in [6.07, 6.45) is 1.10. The van der Waals surface area contributed by atoms with Crippen molar-refractivity contribution in [3.63, 3.8) is 0 Å². The summed E-state index contributed by atoms with van der Waals surface area (Å²) in [6.45, 7) is 0. The normalized spacial score (nSPS) is 13.8. The third-order valence-corrected chi connectivity index (χ3v) is 2.25. The zero-order valence-corrected chi connectivity index (χ0v) is 7.66. The molecular weight excluding hydrogens is 196 g/mol. The Morgan fingerprint density at radius 2 is 2.31 bits per heavy atom. The molecule has 0 aromatic rings. The third kappa shape index (κ3) is 5.34. The van der Waals surface area contributed by atoms with Crippen LogP contribution in [-0.2, 0) is 9.68 Å². The van der Waals surface area contributed by atoms with Crippen molar-refractivity contribution in [3.8, 4) is 0 Å². The fourth-order valence-corrected chi connectivity index (χ4v) is 1.33. The lowest BCUT2D eigenvalue weighted by Crippen LogP contribution is -2.32. The predicted molar refractivity (Wildman–Crippen MR) is 48.9 cm³/mol. The molecule has 0 aliphatic rings. The first kappa shape index (κ1) is 12.1. The maximum absolute atomic E-state index is 10.3. The lowest BCUT2D eigenvalue weighted by atomic mass is 10.4. The first-order valence-corrected chi connectivity index (χ1v) is 4.55. The fourth-order valence-electron chi connectivity index (χ4n) is 0.463. The van der Waals surface area contributed by atoms with E-state index in [9.17, 15) is 4.79 Å². The Morgan fingerprint density at radius 1 is 1.69 bits per heavy atom. The first-order valence-electron chi connectivity index (χ1n) is 3.40. The standard InChI is InChI=1S/C6H12N2O4S/c7-1-4(12-11)2-13-3-5(8)6(9)10/h1,5,11H,2-3,7-8H2,(H,9,10)/b4-1+. The quantitative estimate of drug-likeness (QED) is 0.262. The zero-order chi connectivity index (χ0) is 10.3. The van der Waals surface area contributed by atoms with Gasteiger partial charge in [-0.1, -0.05) is 0 Å². The molecule has 6 N–H and O–H groups in total. The molecule has 0 saturated heterocycles. The van der Waals surface area contributed by atoms with Gasteiger partial charge in [-0.05, 0) is 0 Å². The van der Waals surface area contributed by atoms with Crippen molar-refractivity contribution in [2.75, 3.05) is 11.5 Å². The van der Waals surface area contributed by atoms with Gasteiger partial charge in [0, 0.05) is 12.0 Å². The second kappa shape index (κ2) is 6.58. The monoisotopic (exact) mass is 208 g/mol. The molecule has 0 heterocycles. The molecule has 0 rings (SSSR count). The van der Waals surface area contributed by atoms with Gasteiger partial charge < -0.3 is 21.5 Å². The Labute approximate surface area is 79.5 Å². The van der Waals surface area contributed by atoms with E-state index in [4.69, 9.17) is 21.8 Å². The van der Waals surface area contributed by atoms with Gasteiger partial charge in [0.2, 0.25) is 0 Å². The lowest BCUT2D eigenvalue weighted by Gasteiger charge is -2.05. The molecule has 1 atom stereocenters. The molecule has 0 bridgehead atoms. The summed E-state index contributed by atoms with van der Waals surface area (Å²) in [5.41, 5.74) is 10.3. The summed E-state index contributed by atoms with van der Waals surface area (Å²) < 4.78 is 0. The molecule has 7 heteroatoms. The molecule has 0 amide bonds. The Hall–Kier alpha value is -0.920. The summed E-state index contributed by atoms with van der Waals surface area (Å²) in [7, 11) is 0. The summed E-state index contributed by atoms with van der Waals surface area (Å²) in [5.74, 6) is -0.373. The zero-order valence-electron chi connectivity index (χ0n) is 6.84. The number of hydrogen-bond acceptors (Lipinski definition) is 6. The number of rotatable bonds is 6. The van der Waals surface area contributed by atoms with Crippen LogP contribution in [0.5, 0.6) is 0 Å². The molecule has 6 nitrogen and oxygen atoms in total. The van der Waals surface area contributed by atoms with E-state index in [2.05, 4.69) is 4.89 Å². The van der Waals surface area contributed by atoms with E-state index < -0.39 is 12.0 Å². The van der Waals surface area contributed by atoms with Gasteiger partial charge in [0.05, 0.1) is 5.75 Å². The van der Waals surface area contributed by atoms with E-state index >= 15 is 0 Å². The minimum absolute atomic E-state index is 0.169. The SMILES string of the molecule is N/C=C(\CSCC(N)C(=O)O)OO. The highest BCUT2D eigenvalue weighted by Gasteiger charge is 2.11. The number of thioether (sulfide) groups is 1. The number of carboxylic acids is 1. The Balaban J connectivity index is 3.61. The van der Waals surface area contributed by atoms with Crippen LogP contribution in [0.1, 0.15) is 0 Å². The van der Waals surface area contributed by atoms with Crippen molar-refractivity contribution in [1.82, 2.24) is 0 Å². The van der Waals surface area contributed by atoms with Crippen molar-refractivity contribution < 1.29 is 20.0 Å². The summed E-state index contributed by atoms with van der Waals surface area (Å²) >= 11 is 1.21. The number of nitrogens with two attached hydrogens (primary N) is 2. The number of carbonyl (C=O) groups is 1. The van der Waals surface area contributed by atoms with Gasteiger partial charge in [-0.15, -0.1) is 0 Å². The highest BCUT2D eigenvalue weighted by molar-refractivity contribution is 7.99. The van der Waals surface area contributed by atoms with E-state index in [1.165, 1.54) is 11.8 Å². The molecule has 0 aliphatic carbocycles. The highest BCUT2D eigenvalue weighted by atomic mass is 32.2.